The Hall–Kier alpha value is -2.05. The summed E-state index contributed by atoms with van der Waals surface area (Å²) < 4.78 is 5.65. The molecule has 0 fully saturated rings. The summed E-state index contributed by atoms with van der Waals surface area (Å²) >= 11 is 5.58. The van der Waals surface area contributed by atoms with Gasteiger partial charge >= 0.3 is 29.6 Å². The van der Waals surface area contributed by atoms with Gasteiger partial charge in [-0.2, -0.15) is 0 Å². The number of aliphatic hydroxyl groups excluding tert-OH is 1. The number of hydrogen-bond acceptors (Lipinski definition) is 4. The van der Waals surface area contributed by atoms with E-state index in [1.165, 1.54) is 22.3 Å². The van der Waals surface area contributed by atoms with Crippen molar-refractivity contribution in [3.63, 3.8) is 0 Å². The summed E-state index contributed by atoms with van der Waals surface area (Å²) in [6, 6.07) is 28.5. The minimum atomic E-state index is 0. The maximum atomic E-state index is 8.50. The van der Waals surface area contributed by atoms with Gasteiger partial charge in [-0.15, -0.1) is 11.6 Å². The van der Waals surface area contributed by atoms with Gasteiger partial charge in [-0.3, -0.25) is 9.97 Å². The molecule has 0 radical (unpaired) electrons. The summed E-state index contributed by atoms with van der Waals surface area (Å²) in [6.45, 7) is 5.89. The molecule has 0 aliphatic rings. The number of ether oxygens (including phenoxy) is 1. The summed E-state index contributed by atoms with van der Waals surface area (Å²) in [4.78, 5) is 8.39. The maximum absolute atomic E-state index is 8.50. The van der Waals surface area contributed by atoms with Crippen LogP contribution in [0.4, 0.5) is 0 Å². The normalized spacial score (nSPS) is 9.79. The van der Waals surface area contributed by atoms with Gasteiger partial charge in [-0.25, -0.2) is 0 Å². The van der Waals surface area contributed by atoms with Gasteiger partial charge < -0.3 is 11.3 Å². The van der Waals surface area contributed by atoms with Crippen LogP contribution in [0, 0.1) is 13.8 Å². The molecule has 0 unspecified atom stereocenters. The fourth-order valence-corrected chi connectivity index (χ4v) is 3.44. The van der Waals surface area contributed by atoms with E-state index in [1.54, 1.807) is 6.20 Å². The summed E-state index contributed by atoms with van der Waals surface area (Å²) in [6.07, 6.45) is 7.28. The monoisotopic (exact) mass is 542 g/mol. The standard InChI is InChI=1S/C16H19NO.C8H9Cl.C8H11NO.Na.H/c1-14-7-9-15(10-8-14)13-18-12-4-6-16-5-2-3-11-17-16;1-7-2-4-8(6-9)5-3-7;10-7-3-5-8-4-1-2-6-9-8;;/h2-3,5,7-11H,4,6,12-13H2,1H3;2-5H,6H2,1H3;1-2,4,6,10H,3,5,7H2;;/q;;;+1;-1. The second-order valence-corrected chi connectivity index (χ2v) is 9.00. The Morgan fingerprint density at radius 2 is 1.21 bits per heavy atom. The number of halogens is 1. The van der Waals surface area contributed by atoms with Gasteiger partial charge in [-0.05, 0) is 74.9 Å². The number of rotatable bonds is 10. The zero-order valence-corrected chi connectivity index (χ0v) is 25.8. The molecule has 4 nitrogen and oxygen atoms in total. The van der Waals surface area contributed by atoms with Crippen molar-refractivity contribution in [3.8, 4) is 0 Å². The van der Waals surface area contributed by atoms with Crippen LogP contribution in [-0.2, 0) is 30.1 Å². The predicted molar refractivity (Wildman–Crippen MR) is 155 cm³/mol. The Kier molecular flexibility index (Phi) is 19.5. The van der Waals surface area contributed by atoms with Crippen LogP contribution in [0.1, 0.15) is 47.9 Å². The van der Waals surface area contributed by atoms with Gasteiger partial charge in [-0.1, -0.05) is 71.8 Å². The van der Waals surface area contributed by atoms with E-state index in [0.29, 0.717) is 12.5 Å². The van der Waals surface area contributed by atoms with Crippen LogP contribution >= 0.6 is 11.6 Å². The zero-order chi connectivity index (χ0) is 26.6. The largest absolute Gasteiger partial charge is 1.00 e. The minimum Gasteiger partial charge on any atom is -1.00 e. The number of pyridine rings is 2. The van der Waals surface area contributed by atoms with Crippen molar-refractivity contribution in [1.29, 1.82) is 0 Å². The third-order valence-electron chi connectivity index (χ3n) is 5.43. The predicted octanol–water partition coefficient (Wildman–Crippen LogP) is 4.40. The molecule has 4 rings (SSSR count). The first-order chi connectivity index (χ1) is 18.1. The van der Waals surface area contributed by atoms with Crippen molar-refractivity contribution in [2.75, 3.05) is 13.2 Å². The molecule has 0 bridgehead atoms. The topological polar surface area (TPSA) is 55.2 Å². The zero-order valence-electron chi connectivity index (χ0n) is 24.0. The van der Waals surface area contributed by atoms with Crippen molar-refractivity contribution in [2.45, 2.75) is 52.0 Å². The average Bonchev–Trinajstić information content (AvgIpc) is 2.95. The van der Waals surface area contributed by atoms with Crippen molar-refractivity contribution >= 4 is 11.6 Å². The molecule has 6 heteroatoms. The van der Waals surface area contributed by atoms with Crippen molar-refractivity contribution in [3.05, 3.63) is 131 Å². The number of aliphatic hydroxyl groups is 1. The van der Waals surface area contributed by atoms with Crippen LogP contribution in [0.15, 0.2) is 97.3 Å². The maximum Gasteiger partial charge on any atom is 1.00 e. The Bertz CT molecular complexity index is 1090. The molecule has 198 valence electrons. The molecular weight excluding hydrogens is 503 g/mol. The molecular formula is C32H40ClN2NaO2. The van der Waals surface area contributed by atoms with Gasteiger partial charge in [0.05, 0.1) is 6.61 Å². The van der Waals surface area contributed by atoms with E-state index in [1.807, 2.05) is 48.7 Å². The van der Waals surface area contributed by atoms with Gasteiger partial charge in [0, 0.05) is 42.9 Å². The van der Waals surface area contributed by atoms with Crippen LogP contribution in [0.25, 0.3) is 0 Å². The number of nitrogens with zero attached hydrogens (tertiary/aromatic N) is 2. The fraction of sp³-hybridized carbons (Fsp3) is 0.312. The Morgan fingerprint density at radius 1 is 0.711 bits per heavy atom. The van der Waals surface area contributed by atoms with Crippen molar-refractivity contribution in [1.82, 2.24) is 9.97 Å². The number of aryl methyl sites for hydroxylation is 4. The van der Waals surface area contributed by atoms with E-state index < -0.39 is 0 Å². The average molecular weight is 543 g/mol. The summed E-state index contributed by atoms with van der Waals surface area (Å²) in [7, 11) is 0. The van der Waals surface area contributed by atoms with Crippen LogP contribution < -0.4 is 29.6 Å². The molecule has 0 spiro atoms. The van der Waals surface area contributed by atoms with Crippen molar-refractivity contribution in [2.24, 2.45) is 0 Å². The second kappa shape index (κ2) is 21.8. The van der Waals surface area contributed by atoms with Gasteiger partial charge in [0.2, 0.25) is 0 Å². The fourth-order valence-electron chi connectivity index (χ4n) is 3.26. The number of benzene rings is 2. The molecule has 4 aromatic rings. The molecule has 0 aliphatic carbocycles. The van der Waals surface area contributed by atoms with E-state index in [9.17, 15) is 0 Å². The van der Waals surface area contributed by atoms with Gasteiger partial charge in [0.25, 0.3) is 0 Å². The van der Waals surface area contributed by atoms with E-state index >= 15 is 0 Å². The molecule has 0 saturated heterocycles. The molecule has 2 aromatic heterocycles. The molecule has 38 heavy (non-hydrogen) atoms. The van der Waals surface area contributed by atoms with Crippen LogP contribution in [0.3, 0.4) is 0 Å². The van der Waals surface area contributed by atoms with E-state index in [-0.39, 0.29) is 37.6 Å². The molecule has 0 saturated carbocycles. The van der Waals surface area contributed by atoms with Gasteiger partial charge in [0.1, 0.15) is 0 Å². The van der Waals surface area contributed by atoms with Gasteiger partial charge in [0.15, 0.2) is 0 Å². The first-order valence-electron chi connectivity index (χ1n) is 12.8. The molecule has 0 aliphatic heterocycles. The first kappa shape index (κ1) is 34.0. The van der Waals surface area contributed by atoms with Crippen molar-refractivity contribution < 1.29 is 40.8 Å². The number of alkyl halides is 1. The Morgan fingerprint density at radius 3 is 1.66 bits per heavy atom. The quantitative estimate of drug-likeness (QED) is 0.183. The smallest absolute Gasteiger partial charge is 1.00 e. The molecule has 1 N–H and O–H groups in total. The van der Waals surface area contributed by atoms with E-state index in [4.69, 9.17) is 21.4 Å². The molecule has 2 aromatic carbocycles. The summed E-state index contributed by atoms with van der Waals surface area (Å²) in [5.41, 5.74) is 7.17. The third kappa shape index (κ3) is 16.0. The first-order valence-corrected chi connectivity index (χ1v) is 13.3. The molecule has 0 atom stereocenters. The number of aromatic nitrogens is 2. The Balaban J connectivity index is 0.000000589. The molecule has 0 amide bonds. The second-order valence-electron chi connectivity index (χ2n) is 8.73. The summed E-state index contributed by atoms with van der Waals surface area (Å²) in [5, 5.41) is 8.50. The van der Waals surface area contributed by atoms with Crippen LogP contribution in [0.2, 0.25) is 0 Å². The third-order valence-corrected chi connectivity index (χ3v) is 5.74. The molecule has 2 heterocycles. The van der Waals surface area contributed by atoms with E-state index in [2.05, 4.69) is 66.3 Å². The van der Waals surface area contributed by atoms with Crippen LogP contribution in [0.5, 0.6) is 0 Å². The van der Waals surface area contributed by atoms with E-state index in [0.717, 1.165) is 43.7 Å². The number of hydrogen-bond donors (Lipinski definition) is 1. The van der Waals surface area contributed by atoms with Crippen LogP contribution in [-0.4, -0.2) is 28.3 Å². The SMILES string of the molecule is Cc1ccc(CCl)cc1.Cc1ccc(COCCCc2ccccn2)cc1.OCCCc1ccccn1.[H-].[Na+]. The summed E-state index contributed by atoms with van der Waals surface area (Å²) in [5.74, 6) is 0.611. The Labute approximate surface area is 257 Å². The minimum absolute atomic E-state index is 0.